The van der Waals surface area contributed by atoms with E-state index in [1.54, 1.807) is 18.3 Å². The van der Waals surface area contributed by atoms with Gasteiger partial charge in [-0.25, -0.2) is 14.8 Å². The molecule has 0 atom stereocenters. The molecular formula is C25H22N6O. The van der Waals surface area contributed by atoms with Gasteiger partial charge in [0.15, 0.2) is 17.0 Å². The monoisotopic (exact) mass is 422 g/mol. The van der Waals surface area contributed by atoms with E-state index in [0.29, 0.717) is 35.2 Å². The number of nitrogens with one attached hydrogen (secondary N) is 2. The van der Waals surface area contributed by atoms with Crippen molar-refractivity contribution in [1.29, 1.82) is 0 Å². The zero-order valence-corrected chi connectivity index (χ0v) is 17.7. The van der Waals surface area contributed by atoms with Gasteiger partial charge in [-0.1, -0.05) is 54.1 Å². The number of carbonyl (C=O) groups is 1. The zero-order valence-electron chi connectivity index (χ0n) is 17.7. The summed E-state index contributed by atoms with van der Waals surface area (Å²) in [7, 11) is 0. The van der Waals surface area contributed by atoms with Gasteiger partial charge in [-0.2, -0.15) is 0 Å². The molecule has 1 amide bonds. The molecule has 32 heavy (non-hydrogen) atoms. The summed E-state index contributed by atoms with van der Waals surface area (Å²) in [6.07, 6.45) is 3.54. The second kappa shape index (κ2) is 8.25. The van der Waals surface area contributed by atoms with Crippen molar-refractivity contribution < 1.29 is 4.79 Å². The van der Waals surface area contributed by atoms with Crippen molar-refractivity contribution >= 4 is 17.2 Å². The van der Waals surface area contributed by atoms with Crippen LogP contribution >= 0.6 is 0 Å². The van der Waals surface area contributed by atoms with Crippen molar-refractivity contribution in [1.82, 2.24) is 25.0 Å². The quantitative estimate of drug-likeness (QED) is 0.479. The van der Waals surface area contributed by atoms with Crippen LogP contribution in [0.5, 0.6) is 0 Å². The Morgan fingerprint density at radius 3 is 2.53 bits per heavy atom. The van der Waals surface area contributed by atoms with Crippen LogP contribution in [0.15, 0.2) is 60.9 Å². The van der Waals surface area contributed by atoms with Crippen LogP contribution in [-0.4, -0.2) is 39.9 Å². The van der Waals surface area contributed by atoms with Crippen molar-refractivity contribution in [3.05, 3.63) is 83.6 Å². The number of hydrogen-bond donors (Lipinski definition) is 2. The van der Waals surface area contributed by atoms with E-state index >= 15 is 0 Å². The summed E-state index contributed by atoms with van der Waals surface area (Å²) in [5.74, 6) is 0.213. The lowest BCUT2D eigenvalue weighted by Gasteiger charge is -2.27. The fraction of sp³-hybridized carbons (Fsp3) is 0.200. The Labute approximate surface area is 186 Å². The second-order valence-corrected chi connectivity index (χ2v) is 8.04. The molecule has 1 aliphatic heterocycles. The highest BCUT2D eigenvalue weighted by Crippen LogP contribution is 2.33. The Hall–Kier alpha value is -4.02. The van der Waals surface area contributed by atoms with E-state index in [9.17, 15) is 4.79 Å². The predicted molar refractivity (Wildman–Crippen MR) is 124 cm³/mol. The van der Waals surface area contributed by atoms with E-state index in [1.807, 2.05) is 41.8 Å². The average molecular weight is 422 g/mol. The molecule has 1 saturated heterocycles. The Balaban J connectivity index is 1.68. The van der Waals surface area contributed by atoms with E-state index in [-0.39, 0.29) is 5.91 Å². The van der Waals surface area contributed by atoms with Gasteiger partial charge in [0, 0.05) is 43.5 Å². The Bertz CT molecular complexity index is 1330. The highest BCUT2D eigenvalue weighted by atomic mass is 16.1. The maximum Gasteiger partial charge on any atom is 0.273 e. The molecule has 7 nitrogen and oxygen atoms in total. The smallest absolute Gasteiger partial charge is 0.273 e. The van der Waals surface area contributed by atoms with Crippen LogP contribution in [0.4, 0.5) is 5.69 Å². The van der Waals surface area contributed by atoms with Gasteiger partial charge in [0.05, 0.1) is 18.0 Å². The SMILES string of the molecule is [C-]#[N+]c1ccc(-c2nc(C(=O)NCC3CNC3)c3nccn3c2-c2ccc(C)cc2)cc1. The number of aryl methyl sites for hydroxylation is 1. The summed E-state index contributed by atoms with van der Waals surface area (Å²) in [6, 6.07) is 15.5. The van der Waals surface area contributed by atoms with E-state index < -0.39 is 0 Å². The molecule has 0 bridgehead atoms. The van der Waals surface area contributed by atoms with Crippen LogP contribution in [0.2, 0.25) is 0 Å². The molecule has 0 aliphatic carbocycles. The fourth-order valence-corrected chi connectivity index (χ4v) is 3.84. The number of carbonyl (C=O) groups excluding carboxylic acids is 1. The number of benzene rings is 2. The third-order valence-electron chi connectivity index (χ3n) is 5.77. The maximum atomic E-state index is 13.1. The molecule has 0 saturated carbocycles. The number of fused-ring (bicyclic) bond motifs is 1. The van der Waals surface area contributed by atoms with Crippen LogP contribution < -0.4 is 10.6 Å². The molecule has 4 aromatic rings. The molecule has 1 aliphatic rings. The molecule has 0 spiro atoms. The normalized spacial score (nSPS) is 13.5. The van der Waals surface area contributed by atoms with Crippen LogP contribution in [0.3, 0.4) is 0 Å². The first-order valence-electron chi connectivity index (χ1n) is 10.5. The van der Waals surface area contributed by atoms with Gasteiger partial charge in [0.2, 0.25) is 0 Å². The van der Waals surface area contributed by atoms with Crippen molar-refractivity contribution in [2.75, 3.05) is 19.6 Å². The van der Waals surface area contributed by atoms with E-state index in [1.165, 1.54) is 0 Å². The van der Waals surface area contributed by atoms with Crippen molar-refractivity contribution in [2.45, 2.75) is 6.92 Å². The Morgan fingerprint density at radius 1 is 1.16 bits per heavy atom. The molecular weight excluding hydrogens is 400 g/mol. The topological polar surface area (TPSA) is 75.7 Å². The fourth-order valence-electron chi connectivity index (χ4n) is 3.84. The summed E-state index contributed by atoms with van der Waals surface area (Å²) in [5.41, 5.74) is 5.87. The van der Waals surface area contributed by atoms with Gasteiger partial charge in [-0.3, -0.25) is 9.20 Å². The lowest BCUT2D eigenvalue weighted by molar-refractivity contribution is 0.0938. The van der Waals surface area contributed by atoms with Gasteiger partial charge in [0.25, 0.3) is 5.91 Å². The summed E-state index contributed by atoms with van der Waals surface area (Å²) in [5, 5.41) is 6.23. The highest BCUT2D eigenvalue weighted by molar-refractivity contribution is 5.99. The first-order chi connectivity index (χ1) is 15.6. The first kappa shape index (κ1) is 19.9. The minimum absolute atomic E-state index is 0.234. The standard InChI is InChI=1S/C25H22N6O/c1-16-3-5-19(6-4-16)23-21(18-7-9-20(26-2)10-8-18)30-22(24-28-11-12-31(23)24)25(32)29-15-17-13-27-14-17/h3-12,17,27H,13-15H2,1H3,(H,29,32). The van der Waals surface area contributed by atoms with Crippen LogP contribution in [0, 0.1) is 19.4 Å². The first-order valence-corrected chi connectivity index (χ1v) is 10.5. The molecule has 2 aromatic heterocycles. The minimum Gasteiger partial charge on any atom is -0.350 e. The zero-order chi connectivity index (χ0) is 22.1. The predicted octanol–water partition coefficient (Wildman–Crippen LogP) is 3.87. The summed E-state index contributed by atoms with van der Waals surface area (Å²) in [4.78, 5) is 25.9. The molecule has 2 N–H and O–H groups in total. The van der Waals surface area contributed by atoms with Gasteiger partial charge < -0.3 is 10.6 Å². The number of amides is 1. The van der Waals surface area contributed by atoms with Gasteiger partial charge in [0.1, 0.15) is 0 Å². The number of hydrogen-bond acceptors (Lipinski definition) is 4. The molecule has 3 heterocycles. The maximum absolute atomic E-state index is 13.1. The van der Waals surface area contributed by atoms with Gasteiger partial charge >= 0.3 is 0 Å². The Kier molecular flexibility index (Phi) is 5.13. The van der Waals surface area contributed by atoms with Gasteiger partial charge in [-0.05, 0) is 12.5 Å². The van der Waals surface area contributed by atoms with Crippen LogP contribution in [0.25, 0.3) is 33.0 Å². The highest BCUT2D eigenvalue weighted by Gasteiger charge is 2.23. The molecule has 7 heteroatoms. The third kappa shape index (κ3) is 3.61. The van der Waals surface area contributed by atoms with Crippen molar-refractivity contribution in [3.8, 4) is 22.5 Å². The average Bonchev–Trinajstić information content (AvgIpc) is 3.27. The van der Waals surface area contributed by atoms with E-state index in [4.69, 9.17) is 11.6 Å². The minimum atomic E-state index is -0.234. The van der Waals surface area contributed by atoms with Crippen molar-refractivity contribution in [2.24, 2.45) is 5.92 Å². The third-order valence-corrected chi connectivity index (χ3v) is 5.77. The largest absolute Gasteiger partial charge is 0.350 e. The van der Waals surface area contributed by atoms with Gasteiger partial charge in [-0.15, -0.1) is 0 Å². The lowest BCUT2D eigenvalue weighted by Crippen LogP contribution is -2.48. The van der Waals surface area contributed by atoms with Crippen LogP contribution in [-0.2, 0) is 0 Å². The lowest BCUT2D eigenvalue weighted by atomic mass is 10.0. The molecule has 5 rings (SSSR count). The Morgan fingerprint density at radius 2 is 1.88 bits per heavy atom. The van der Waals surface area contributed by atoms with E-state index in [0.717, 1.165) is 35.5 Å². The summed E-state index contributed by atoms with van der Waals surface area (Å²) < 4.78 is 1.93. The molecule has 0 unspecified atom stereocenters. The second-order valence-electron chi connectivity index (χ2n) is 8.04. The number of rotatable bonds is 5. The number of imidazole rings is 1. The van der Waals surface area contributed by atoms with E-state index in [2.05, 4.69) is 32.6 Å². The van der Waals surface area contributed by atoms with Crippen molar-refractivity contribution in [3.63, 3.8) is 0 Å². The molecule has 0 radical (unpaired) electrons. The molecule has 158 valence electrons. The summed E-state index contributed by atoms with van der Waals surface area (Å²) >= 11 is 0. The van der Waals surface area contributed by atoms with Crippen LogP contribution in [0.1, 0.15) is 16.1 Å². The number of nitrogens with zero attached hydrogens (tertiary/aromatic N) is 4. The summed E-state index contributed by atoms with van der Waals surface area (Å²) in [6.45, 7) is 11.7. The molecule has 1 fully saturated rings. The molecule has 2 aromatic carbocycles. The number of aromatic nitrogens is 3.